The van der Waals surface area contributed by atoms with Crippen LogP contribution < -0.4 is 14.8 Å². The summed E-state index contributed by atoms with van der Waals surface area (Å²) in [5.74, 6) is 0.487. The number of methoxy groups -OCH3 is 2. The van der Waals surface area contributed by atoms with E-state index in [1.807, 2.05) is 30.3 Å². The molecule has 0 unspecified atom stereocenters. The van der Waals surface area contributed by atoms with Gasteiger partial charge in [0, 0.05) is 17.1 Å². The van der Waals surface area contributed by atoms with Crippen molar-refractivity contribution in [1.82, 2.24) is 4.31 Å². The van der Waals surface area contributed by atoms with Crippen LogP contribution in [0.25, 0.3) is 0 Å². The molecule has 174 valence electrons. The summed E-state index contributed by atoms with van der Waals surface area (Å²) >= 11 is 3.32. The zero-order valence-electron chi connectivity index (χ0n) is 18.3. The molecule has 0 radical (unpaired) electrons. The molecule has 0 aromatic heterocycles. The van der Waals surface area contributed by atoms with Crippen LogP contribution in [-0.4, -0.2) is 45.9 Å². The van der Waals surface area contributed by atoms with Crippen LogP contribution in [0.3, 0.4) is 0 Å². The first-order valence-electron chi connectivity index (χ1n) is 10.1. The molecule has 0 spiro atoms. The summed E-state index contributed by atoms with van der Waals surface area (Å²) < 4.78 is 39.2. The highest BCUT2D eigenvalue weighted by Crippen LogP contribution is 2.29. The van der Waals surface area contributed by atoms with Crippen molar-refractivity contribution in [2.45, 2.75) is 11.3 Å². The molecule has 0 fully saturated rings. The standard InChI is InChI=1S/C24H25BrN2O5S/c1-31-20-10-13-23(32-2)22(16-20)26-24(28)17-27(15-14-18-6-4-3-5-7-18)33(29,30)21-11-8-19(25)9-12-21/h3-13,16H,14-15,17H2,1-2H3,(H,26,28). The van der Waals surface area contributed by atoms with Gasteiger partial charge in [-0.2, -0.15) is 4.31 Å². The van der Waals surface area contributed by atoms with Crippen molar-refractivity contribution in [3.05, 3.63) is 82.8 Å². The first kappa shape index (κ1) is 24.8. The van der Waals surface area contributed by atoms with Crippen LogP contribution in [0.4, 0.5) is 5.69 Å². The molecule has 0 saturated carbocycles. The number of sulfonamides is 1. The lowest BCUT2D eigenvalue weighted by atomic mass is 10.1. The Balaban J connectivity index is 1.84. The molecule has 0 aliphatic heterocycles. The topological polar surface area (TPSA) is 84.9 Å². The van der Waals surface area contributed by atoms with Crippen LogP contribution in [0, 0.1) is 0 Å². The fraction of sp³-hybridized carbons (Fsp3) is 0.208. The molecule has 1 amide bonds. The van der Waals surface area contributed by atoms with Gasteiger partial charge in [0.15, 0.2) is 0 Å². The summed E-state index contributed by atoms with van der Waals surface area (Å²) in [5, 5.41) is 2.74. The molecule has 0 saturated heterocycles. The van der Waals surface area contributed by atoms with Crippen molar-refractivity contribution >= 4 is 37.5 Å². The largest absolute Gasteiger partial charge is 0.497 e. The maximum atomic E-state index is 13.4. The number of ether oxygens (including phenoxy) is 2. The Hall–Kier alpha value is -2.88. The van der Waals surface area contributed by atoms with Gasteiger partial charge in [-0.1, -0.05) is 46.3 Å². The molecule has 0 aliphatic carbocycles. The molecule has 7 nitrogen and oxygen atoms in total. The average molecular weight is 533 g/mol. The SMILES string of the molecule is COc1ccc(OC)c(NC(=O)CN(CCc2ccccc2)S(=O)(=O)c2ccc(Br)cc2)c1. The fourth-order valence-corrected chi connectivity index (χ4v) is 4.86. The molecule has 0 heterocycles. The van der Waals surface area contributed by atoms with Crippen molar-refractivity contribution in [1.29, 1.82) is 0 Å². The molecule has 33 heavy (non-hydrogen) atoms. The first-order valence-corrected chi connectivity index (χ1v) is 12.4. The molecule has 0 aliphatic rings. The second kappa shape index (κ2) is 11.3. The number of hydrogen-bond acceptors (Lipinski definition) is 5. The van der Waals surface area contributed by atoms with Gasteiger partial charge >= 0.3 is 0 Å². The van der Waals surface area contributed by atoms with E-state index in [0.29, 0.717) is 23.6 Å². The van der Waals surface area contributed by atoms with Crippen LogP contribution in [0.5, 0.6) is 11.5 Å². The second-order valence-corrected chi connectivity index (χ2v) is 10.00. The Bertz CT molecular complexity index is 1190. The van der Waals surface area contributed by atoms with Crippen molar-refractivity contribution < 1.29 is 22.7 Å². The summed E-state index contributed by atoms with van der Waals surface area (Å²) in [7, 11) is -0.903. The minimum Gasteiger partial charge on any atom is -0.497 e. The van der Waals surface area contributed by atoms with Crippen LogP contribution in [-0.2, 0) is 21.2 Å². The molecule has 3 rings (SSSR count). The monoisotopic (exact) mass is 532 g/mol. The van der Waals surface area contributed by atoms with E-state index in [0.717, 1.165) is 10.0 Å². The van der Waals surface area contributed by atoms with E-state index in [9.17, 15) is 13.2 Å². The van der Waals surface area contributed by atoms with E-state index in [1.165, 1.54) is 30.7 Å². The number of benzene rings is 3. The number of rotatable bonds is 10. The quantitative estimate of drug-likeness (QED) is 0.419. The lowest BCUT2D eigenvalue weighted by molar-refractivity contribution is -0.116. The third kappa shape index (κ3) is 6.56. The third-order valence-corrected chi connectivity index (χ3v) is 7.33. The van der Waals surface area contributed by atoms with E-state index in [1.54, 1.807) is 30.3 Å². The Morgan fingerprint density at radius 3 is 2.30 bits per heavy atom. The van der Waals surface area contributed by atoms with Crippen LogP contribution in [0.15, 0.2) is 82.2 Å². The maximum absolute atomic E-state index is 13.4. The zero-order valence-corrected chi connectivity index (χ0v) is 20.7. The van der Waals surface area contributed by atoms with Gasteiger partial charge in [-0.25, -0.2) is 8.42 Å². The van der Waals surface area contributed by atoms with Gasteiger partial charge in [0.2, 0.25) is 15.9 Å². The minimum atomic E-state index is -3.91. The summed E-state index contributed by atoms with van der Waals surface area (Å²) in [5.41, 5.74) is 1.37. The summed E-state index contributed by atoms with van der Waals surface area (Å²) in [6.45, 7) is -0.212. The minimum absolute atomic E-state index is 0.116. The summed E-state index contributed by atoms with van der Waals surface area (Å²) in [6, 6.07) is 20.9. The van der Waals surface area contributed by atoms with Crippen molar-refractivity contribution in [2.24, 2.45) is 0 Å². The highest BCUT2D eigenvalue weighted by molar-refractivity contribution is 9.10. The summed E-state index contributed by atoms with van der Waals surface area (Å²) in [4.78, 5) is 13.0. The first-order chi connectivity index (χ1) is 15.8. The third-order valence-electron chi connectivity index (χ3n) is 4.94. The van der Waals surface area contributed by atoms with E-state index < -0.39 is 15.9 Å². The van der Waals surface area contributed by atoms with E-state index in [4.69, 9.17) is 9.47 Å². The van der Waals surface area contributed by atoms with E-state index in [-0.39, 0.29) is 18.0 Å². The predicted octanol–water partition coefficient (Wildman–Crippen LogP) is 4.34. The molecular weight excluding hydrogens is 508 g/mol. The van der Waals surface area contributed by atoms with Crippen molar-refractivity contribution in [3.8, 4) is 11.5 Å². The number of carbonyl (C=O) groups excluding carboxylic acids is 1. The average Bonchev–Trinajstić information content (AvgIpc) is 2.82. The second-order valence-electron chi connectivity index (χ2n) is 7.14. The number of anilines is 1. The fourth-order valence-electron chi connectivity index (χ4n) is 3.20. The molecule has 3 aromatic carbocycles. The molecule has 0 atom stereocenters. The number of hydrogen-bond donors (Lipinski definition) is 1. The Labute approximate surface area is 202 Å². The van der Waals surface area contributed by atoms with Gasteiger partial charge in [0.1, 0.15) is 11.5 Å². The van der Waals surface area contributed by atoms with Gasteiger partial charge in [-0.3, -0.25) is 4.79 Å². The highest BCUT2D eigenvalue weighted by atomic mass is 79.9. The Morgan fingerprint density at radius 1 is 0.970 bits per heavy atom. The molecule has 1 N–H and O–H groups in total. The molecule has 3 aromatic rings. The Kier molecular flexibility index (Phi) is 8.49. The van der Waals surface area contributed by atoms with E-state index >= 15 is 0 Å². The molecular formula is C24H25BrN2O5S. The van der Waals surface area contributed by atoms with Gasteiger partial charge in [0.25, 0.3) is 0 Å². The maximum Gasteiger partial charge on any atom is 0.243 e. The van der Waals surface area contributed by atoms with Crippen LogP contribution >= 0.6 is 15.9 Å². The van der Waals surface area contributed by atoms with Crippen molar-refractivity contribution in [2.75, 3.05) is 32.6 Å². The predicted molar refractivity (Wildman–Crippen MR) is 131 cm³/mol. The normalized spacial score (nSPS) is 11.3. The molecule has 0 bridgehead atoms. The van der Waals surface area contributed by atoms with Gasteiger partial charge < -0.3 is 14.8 Å². The molecule has 9 heteroatoms. The number of nitrogens with one attached hydrogen (secondary N) is 1. The lowest BCUT2D eigenvalue weighted by Crippen LogP contribution is -2.39. The Morgan fingerprint density at radius 2 is 1.67 bits per heavy atom. The zero-order chi connectivity index (χ0) is 23.8. The van der Waals surface area contributed by atoms with Gasteiger partial charge in [0.05, 0.1) is 31.3 Å². The smallest absolute Gasteiger partial charge is 0.243 e. The van der Waals surface area contributed by atoms with Gasteiger partial charge in [-0.15, -0.1) is 0 Å². The van der Waals surface area contributed by atoms with Crippen molar-refractivity contribution in [3.63, 3.8) is 0 Å². The van der Waals surface area contributed by atoms with Gasteiger partial charge in [-0.05, 0) is 48.4 Å². The number of amides is 1. The number of nitrogens with zero attached hydrogens (tertiary/aromatic N) is 1. The highest BCUT2D eigenvalue weighted by Gasteiger charge is 2.27. The number of carbonyl (C=O) groups is 1. The van der Waals surface area contributed by atoms with Crippen LogP contribution in [0.2, 0.25) is 0 Å². The lowest BCUT2D eigenvalue weighted by Gasteiger charge is -2.22. The van der Waals surface area contributed by atoms with E-state index in [2.05, 4.69) is 21.2 Å². The van der Waals surface area contributed by atoms with Crippen LogP contribution in [0.1, 0.15) is 5.56 Å². The summed E-state index contributed by atoms with van der Waals surface area (Å²) in [6.07, 6.45) is 0.465. The number of halogens is 1.